The Balaban J connectivity index is 1.96. The van der Waals surface area contributed by atoms with E-state index in [0.29, 0.717) is 0 Å². The van der Waals surface area contributed by atoms with Crippen LogP contribution in [-0.4, -0.2) is 20.6 Å². The first-order valence-corrected chi connectivity index (χ1v) is 8.44. The number of rotatable bonds is 4. The fourth-order valence-corrected chi connectivity index (χ4v) is 3.02. The summed E-state index contributed by atoms with van der Waals surface area (Å²) in [6.07, 6.45) is 3.44. The smallest absolute Gasteiger partial charge is 0.303 e. The van der Waals surface area contributed by atoms with Gasteiger partial charge in [0.25, 0.3) is 0 Å². The Morgan fingerprint density at radius 2 is 1.78 bits per heavy atom. The molecule has 0 bridgehead atoms. The number of fused-ring (bicyclic) bond motifs is 1. The lowest BCUT2D eigenvalue weighted by molar-refractivity contribution is -0.142. The molecule has 0 saturated heterocycles. The van der Waals surface area contributed by atoms with E-state index in [1.165, 1.54) is 19.1 Å². The average molecular weight is 361 g/mol. The normalized spacial score (nSPS) is 10.9. The first kappa shape index (κ1) is 16.9. The number of carbonyl (C=O) groups is 1. The van der Waals surface area contributed by atoms with E-state index in [4.69, 9.17) is 9.84 Å². The van der Waals surface area contributed by atoms with Crippen LogP contribution in [0.25, 0.3) is 27.9 Å². The first-order valence-electron chi connectivity index (χ1n) is 8.44. The van der Waals surface area contributed by atoms with Crippen LogP contribution in [0.15, 0.2) is 67.0 Å². The fourth-order valence-electron chi connectivity index (χ4n) is 3.02. The Labute approximate surface area is 155 Å². The van der Waals surface area contributed by atoms with Gasteiger partial charge >= 0.3 is 5.97 Å². The zero-order valence-electron chi connectivity index (χ0n) is 14.6. The molecule has 0 aliphatic carbocycles. The SMILES string of the molecule is CC(=O)OCc1cccc2c(-c3ccncc3)c(-c3ccc(F)cc3)nn12. The Bertz CT molecular complexity index is 1110. The summed E-state index contributed by atoms with van der Waals surface area (Å²) in [7, 11) is 0. The minimum absolute atomic E-state index is 0.118. The third kappa shape index (κ3) is 3.29. The van der Waals surface area contributed by atoms with Crippen molar-refractivity contribution in [3.8, 4) is 22.4 Å². The second-order valence-corrected chi connectivity index (χ2v) is 6.06. The second kappa shape index (κ2) is 6.99. The highest BCUT2D eigenvalue weighted by molar-refractivity contribution is 5.92. The topological polar surface area (TPSA) is 56.5 Å². The maximum Gasteiger partial charge on any atom is 0.303 e. The Morgan fingerprint density at radius 3 is 2.48 bits per heavy atom. The minimum Gasteiger partial charge on any atom is -0.459 e. The van der Waals surface area contributed by atoms with Crippen LogP contribution < -0.4 is 0 Å². The van der Waals surface area contributed by atoms with Crippen LogP contribution in [0.4, 0.5) is 4.39 Å². The van der Waals surface area contributed by atoms with E-state index in [2.05, 4.69) is 4.98 Å². The number of benzene rings is 1. The zero-order chi connectivity index (χ0) is 18.8. The van der Waals surface area contributed by atoms with E-state index in [1.54, 1.807) is 29.0 Å². The maximum atomic E-state index is 13.4. The van der Waals surface area contributed by atoms with E-state index in [-0.39, 0.29) is 18.4 Å². The Kier molecular flexibility index (Phi) is 4.38. The van der Waals surface area contributed by atoms with Gasteiger partial charge in [0.2, 0.25) is 0 Å². The van der Waals surface area contributed by atoms with Crippen molar-refractivity contribution in [2.75, 3.05) is 0 Å². The number of esters is 1. The number of nitrogens with zero attached hydrogens (tertiary/aromatic N) is 3. The largest absolute Gasteiger partial charge is 0.459 e. The number of carbonyl (C=O) groups excluding carboxylic acids is 1. The summed E-state index contributed by atoms with van der Waals surface area (Å²) in [5.74, 6) is -0.657. The highest BCUT2D eigenvalue weighted by Gasteiger charge is 2.18. The molecule has 0 saturated carbocycles. The van der Waals surface area contributed by atoms with Crippen LogP contribution in [0.2, 0.25) is 0 Å². The van der Waals surface area contributed by atoms with Crippen LogP contribution in [0.1, 0.15) is 12.6 Å². The molecule has 0 amide bonds. The monoisotopic (exact) mass is 361 g/mol. The Morgan fingerprint density at radius 1 is 1.04 bits per heavy atom. The minimum atomic E-state index is -0.354. The number of ether oxygens (including phenoxy) is 1. The van der Waals surface area contributed by atoms with Gasteiger partial charge in [0.15, 0.2) is 0 Å². The van der Waals surface area contributed by atoms with Crippen LogP contribution in [0.5, 0.6) is 0 Å². The molecule has 0 atom stereocenters. The molecule has 0 fully saturated rings. The molecule has 1 aromatic carbocycles. The second-order valence-electron chi connectivity index (χ2n) is 6.06. The molecule has 0 aliphatic rings. The molecule has 5 nitrogen and oxygen atoms in total. The maximum absolute atomic E-state index is 13.4. The van der Waals surface area contributed by atoms with Crippen molar-refractivity contribution in [1.29, 1.82) is 0 Å². The third-order valence-corrected chi connectivity index (χ3v) is 4.25. The molecule has 3 aromatic heterocycles. The molecule has 4 aromatic rings. The number of hydrogen-bond donors (Lipinski definition) is 0. The van der Waals surface area contributed by atoms with Crippen molar-refractivity contribution in [3.05, 3.63) is 78.5 Å². The van der Waals surface area contributed by atoms with Crippen molar-refractivity contribution in [3.63, 3.8) is 0 Å². The summed E-state index contributed by atoms with van der Waals surface area (Å²) < 4.78 is 20.3. The lowest BCUT2D eigenvalue weighted by Gasteiger charge is -2.06. The van der Waals surface area contributed by atoms with Gasteiger partial charge in [-0.1, -0.05) is 6.07 Å². The highest BCUT2D eigenvalue weighted by Crippen LogP contribution is 2.35. The van der Waals surface area contributed by atoms with Gasteiger partial charge < -0.3 is 4.74 Å². The summed E-state index contributed by atoms with van der Waals surface area (Å²) in [4.78, 5) is 15.3. The molecular formula is C21H16FN3O2. The highest BCUT2D eigenvalue weighted by atomic mass is 19.1. The van der Waals surface area contributed by atoms with Crippen LogP contribution in [-0.2, 0) is 16.1 Å². The summed E-state index contributed by atoms with van der Waals surface area (Å²) in [6, 6.07) is 15.7. The molecule has 4 rings (SSSR count). The summed E-state index contributed by atoms with van der Waals surface area (Å²) in [6.45, 7) is 1.49. The van der Waals surface area contributed by atoms with Crippen molar-refractivity contribution in [2.24, 2.45) is 0 Å². The van der Waals surface area contributed by atoms with Crippen molar-refractivity contribution in [1.82, 2.24) is 14.6 Å². The predicted octanol–water partition coefficient (Wildman–Crippen LogP) is 4.27. The molecule has 0 radical (unpaired) electrons. The average Bonchev–Trinajstić information content (AvgIpc) is 3.07. The van der Waals surface area contributed by atoms with E-state index in [0.717, 1.165) is 33.6 Å². The molecule has 0 unspecified atom stereocenters. The van der Waals surface area contributed by atoms with Gasteiger partial charge in [-0.05, 0) is 54.1 Å². The molecular weight excluding hydrogens is 345 g/mol. The molecule has 0 aliphatic heterocycles. The molecule has 134 valence electrons. The van der Waals surface area contributed by atoms with Gasteiger partial charge in [0, 0.05) is 30.4 Å². The van der Waals surface area contributed by atoms with Crippen molar-refractivity contribution >= 4 is 11.5 Å². The van der Waals surface area contributed by atoms with Crippen molar-refractivity contribution in [2.45, 2.75) is 13.5 Å². The number of aromatic nitrogens is 3. The zero-order valence-corrected chi connectivity index (χ0v) is 14.6. The van der Waals surface area contributed by atoms with Crippen LogP contribution in [0.3, 0.4) is 0 Å². The van der Waals surface area contributed by atoms with Gasteiger partial charge in [-0.3, -0.25) is 9.78 Å². The van der Waals surface area contributed by atoms with Gasteiger partial charge in [0.1, 0.15) is 18.1 Å². The van der Waals surface area contributed by atoms with Gasteiger partial charge in [0.05, 0.1) is 11.2 Å². The standard InChI is InChI=1S/C21H16FN3O2/c1-14(26)27-13-18-3-2-4-19-20(15-9-11-23-12-10-15)21(24-25(18)19)16-5-7-17(22)8-6-16/h2-12H,13H2,1H3. The van der Waals surface area contributed by atoms with E-state index < -0.39 is 0 Å². The lowest BCUT2D eigenvalue weighted by Crippen LogP contribution is -2.04. The summed E-state index contributed by atoms with van der Waals surface area (Å²) in [5.41, 5.74) is 4.98. The van der Waals surface area contributed by atoms with E-state index in [1.807, 2.05) is 30.3 Å². The predicted molar refractivity (Wildman–Crippen MR) is 99.3 cm³/mol. The molecule has 0 N–H and O–H groups in total. The van der Waals surface area contributed by atoms with E-state index in [9.17, 15) is 9.18 Å². The molecule has 6 heteroatoms. The summed E-state index contributed by atoms with van der Waals surface area (Å²) in [5, 5.41) is 4.75. The summed E-state index contributed by atoms with van der Waals surface area (Å²) >= 11 is 0. The van der Waals surface area contributed by atoms with Gasteiger partial charge in [-0.25, -0.2) is 8.91 Å². The van der Waals surface area contributed by atoms with Crippen LogP contribution >= 0.6 is 0 Å². The van der Waals surface area contributed by atoms with Gasteiger partial charge in [-0.2, -0.15) is 5.10 Å². The fraction of sp³-hybridized carbons (Fsp3) is 0.0952. The first-order chi connectivity index (χ1) is 13.1. The van der Waals surface area contributed by atoms with Gasteiger partial charge in [-0.15, -0.1) is 0 Å². The molecule has 0 spiro atoms. The third-order valence-electron chi connectivity index (χ3n) is 4.25. The number of hydrogen-bond acceptors (Lipinski definition) is 4. The quantitative estimate of drug-likeness (QED) is 0.510. The lowest BCUT2D eigenvalue weighted by atomic mass is 10.0. The number of halogens is 1. The number of pyridine rings is 2. The Hall–Kier alpha value is -3.54. The molecule has 3 heterocycles. The van der Waals surface area contributed by atoms with Crippen LogP contribution in [0, 0.1) is 5.82 Å². The van der Waals surface area contributed by atoms with E-state index >= 15 is 0 Å². The molecule has 27 heavy (non-hydrogen) atoms. The van der Waals surface area contributed by atoms with Crippen molar-refractivity contribution < 1.29 is 13.9 Å².